The molecular formula is C15H12N2O3. The number of fused-ring (bicyclic) bond motifs is 1. The number of nitrogens with zero attached hydrogens (tertiary/aromatic N) is 1. The lowest BCUT2D eigenvalue weighted by Gasteiger charge is -2.12. The summed E-state index contributed by atoms with van der Waals surface area (Å²) in [6.07, 6.45) is 0. The maximum atomic E-state index is 10.7. The summed E-state index contributed by atoms with van der Waals surface area (Å²) in [6, 6.07) is 16.0. The van der Waals surface area contributed by atoms with Crippen molar-refractivity contribution in [2.45, 2.75) is 6.04 Å². The molecule has 0 fully saturated rings. The van der Waals surface area contributed by atoms with E-state index >= 15 is 0 Å². The zero-order valence-electron chi connectivity index (χ0n) is 10.5. The van der Waals surface area contributed by atoms with Crippen LogP contribution in [-0.2, 0) is 0 Å². The third kappa shape index (κ3) is 2.04. The normalized spacial score (nSPS) is 12.4. The Morgan fingerprint density at radius 2 is 1.80 bits per heavy atom. The SMILES string of the molecule is NC(c1ccc([N+](=O)[O-])o1)c1cccc2ccccc12. The van der Waals surface area contributed by atoms with Gasteiger partial charge in [0.25, 0.3) is 0 Å². The van der Waals surface area contributed by atoms with Gasteiger partial charge in [-0.1, -0.05) is 42.5 Å². The fraction of sp³-hybridized carbons (Fsp3) is 0.0667. The minimum absolute atomic E-state index is 0.296. The van der Waals surface area contributed by atoms with Gasteiger partial charge in [0.05, 0.1) is 12.1 Å². The molecule has 0 bridgehead atoms. The van der Waals surface area contributed by atoms with E-state index in [1.807, 2.05) is 42.5 Å². The van der Waals surface area contributed by atoms with E-state index < -0.39 is 11.0 Å². The van der Waals surface area contributed by atoms with E-state index in [9.17, 15) is 10.1 Å². The topological polar surface area (TPSA) is 82.3 Å². The van der Waals surface area contributed by atoms with Crippen molar-refractivity contribution < 1.29 is 9.34 Å². The number of furan rings is 1. The molecule has 1 atom stereocenters. The van der Waals surface area contributed by atoms with Crippen LogP contribution in [-0.4, -0.2) is 4.92 Å². The van der Waals surface area contributed by atoms with E-state index in [-0.39, 0.29) is 5.88 Å². The predicted octanol–water partition coefficient (Wildman–Crippen LogP) is 3.39. The third-order valence-electron chi connectivity index (χ3n) is 3.26. The fourth-order valence-electron chi connectivity index (χ4n) is 2.28. The summed E-state index contributed by atoms with van der Waals surface area (Å²) in [4.78, 5) is 10.1. The summed E-state index contributed by atoms with van der Waals surface area (Å²) in [5.74, 6) is 0.0868. The number of nitrogens with two attached hydrogens (primary N) is 1. The first-order chi connectivity index (χ1) is 9.66. The molecule has 3 rings (SSSR count). The number of rotatable bonds is 3. The van der Waals surface area contributed by atoms with Crippen LogP contribution in [0.4, 0.5) is 5.88 Å². The lowest BCUT2D eigenvalue weighted by Crippen LogP contribution is -2.11. The van der Waals surface area contributed by atoms with Crippen LogP contribution >= 0.6 is 0 Å². The molecule has 0 saturated carbocycles. The number of nitro groups is 1. The van der Waals surface area contributed by atoms with E-state index in [4.69, 9.17) is 10.2 Å². The summed E-state index contributed by atoms with van der Waals surface area (Å²) in [5.41, 5.74) is 7.06. The molecule has 0 amide bonds. The fourth-order valence-corrected chi connectivity index (χ4v) is 2.28. The van der Waals surface area contributed by atoms with Crippen LogP contribution in [0.5, 0.6) is 0 Å². The maximum Gasteiger partial charge on any atom is 0.433 e. The van der Waals surface area contributed by atoms with E-state index in [1.54, 1.807) is 6.07 Å². The smallest absolute Gasteiger partial charge is 0.404 e. The van der Waals surface area contributed by atoms with Crippen LogP contribution in [0.25, 0.3) is 10.8 Å². The standard InChI is InChI=1S/C15H12N2O3/c16-15(13-8-9-14(20-13)17(18)19)12-7-3-5-10-4-1-2-6-11(10)12/h1-9,15H,16H2. The monoisotopic (exact) mass is 268 g/mol. The predicted molar refractivity (Wildman–Crippen MR) is 75.3 cm³/mol. The minimum Gasteiger partial charge on any atom is -0.404 e. The number of hydrogen-bond acceptors (Lipinski definition) is 4. The van der Waals surface area contributed by atoms with Crippen LogP contribution < -0.4 is 5.73 Å². The van der Waals surface area contributed by atoms with Crippen molar-refractivity contribution >= 4 is 16.7 Å². The second-order valence-corrected chi connectivity index (χ2v) is 4.48. The second-order valence-electron chi connectivity index (χ2n) is 4.48. The van der Waals surface area contributed by atoms with Crippen molar-refractivity contribution in [2.24, 2.45) is 5.73 Å². The first-order valence-electron chi connectivity index (χ1n) is 6.14. The average Bonchev–Trinajstić information content (AvgIpc) is 2.96. The second kappa shape index (κ2) is 4.79. The third-order valence-corrected chi connectivity index (χ3v) is 3.26. The molecule has 0 spiro atoms. The lowest BCUT2D eigenvalue weighted by molar-refractivity contribution is -0.402. The molecular weight excluding hydrogens is 256 g/mol. The zero-order chi connectivity index (χ0) is 14.1. The van der Waals surface area contributed by atoms with E-state index in [0.717, 1.165) is 16.3 Å². The molecule has 5 heteroatoms. The maximum absolute atomic E-state index is 10.7. The van der Waals surface area contributed by atoms with Crippen molar-refractivity contribution in [3.05, 3.63) is 76.0 Å². The molecule has 5 nitrogen and oxygen atoms in total. The quantitative estimate of drug-likeness (QED) is 0.583. The molecule has 1 aromatic heterocycles. The van der Waals surface area contributed by atoms with Gasteiger partial charge in [0, 0.05) is 0 Å². The van der Waals surface area contributed by atoms with Crippen molar-refractivity contribution in [1.82, 2.24) is 0 Å². The molecule has 0 aliphatic heterocycles. The van der Waals surface area contributed by atoms with Crippen molar-refractivity contribution in [3.8, 4) is 0 Å². The van der Waals surface area contributed by atoms with Gasteiger partial charge in [-0.25, -0.2) is 0 Å². The van der Waals surface area contributed by atoms with Gasteiger partial charge in [0.2, 0.25) is 0 Å². The minimum atomic E-state index is -0.570. The van der Waals surface area contributed by atoms with E-state index in [2.05, 4.69) is 0 Å². The highest BCUT2D eigenvalue weighted by Crippen LogP contribution is 2.29. The van der Waals surface area contributed by atoms with Crippen LogP contribution in [0.2, 0.25) is 0 Å². The molecule has 2 aromatic carbocycles. The summed E-state index contributed by atoms with van der Waals surface area (Å²) in [5, 5.41) is 12.7. The van der Waals surface area contributed by atoms with E-state index in [0.29, 0.717) is 5.76 Å². The average molecular weight is 268 g/mol. The van der Waals surface area contributed by atoms with Gasteiger partial charge in [-0.05, 0) is 22.4 Å². The Morgan fingerprint density at radius 1 is 1.05 bits per heavy atom. The summed E-state index contributed by atoms with van der Waals surface area (Å²) in [6.45, 7) is 0. The lowest BCUT2D eigenvalue weighted by atomic mass is 9.98. The Labute approximate surface area is 114 Å². The van der Waals surface area contributed by atoms with Gasteiger partial charge < -0.3 is 10.2 Å². The Kier molecular flexibility index (Phi) is 2.96. The Balaban J connectivity index is 2.07. The molecule has 3 aromatic rings. The Bertz CT molecular complexity index is 774. The highest BCUT2D eigenvalue weighted by atomic mass is 16.6. The molecule has 2 N–H and O–H groups in total. The van der Waals surface area contributed by atoms with Gasteiger partial charge in [-0.15, -0.1) is 0 Å². The highest BCUT2D eigenvalue weighted by molar-refractivity contribution is 5.86. The summed E-state index contributed by atoms with van der Waals surface area (Å²) in [7, 11) is 0. The Hall–Kier alpha value is -2.66. The molecule has 20 heavy (non-hydrogen) atoms. The van der Waals surface area contributed by atoms with Crippen LogP contribution in [0, 0.1) is 10.1 Å². The molecule has 100 valence electrons. The Morgan fingerprint density at radius 3 is 2.55 bits per heavy atom. The molecule has 0 radical (unpaired) electrons. The number of hydrogen-bond donors (Lipinski definition) is 1. The van der Waals surface area contributed by atoms with Gasteiger partial charge in [-0.2, -0.15) is 0 Å². The zero-order valence-corrected chi connectivity index (χ0v) is 10.5. The van der Waals surface area contributed by atoms with E-state index in [1.165, 1.54) is 6.07 Å². The van der Waals surface area contributed by atoms with Crippen molar-refractivity contribution in [1.29, 1.82) is 0 Å². The van der Waals surface area contributed by atoms with Crippen LogP contribution in [0.3, 0.4) is 0 Å². The number of benzene rings is 2. The largest absolute Gasteiger partial charge is 0.433 e. The highest BCUT2D eigenvalue weighted by Gasteiger charge is 2.19. The first kappa shape index (κ1) is 12.4. The van der Waals surface area contributed by atoms with Gasteiger partial charge in [0.1, 0.15) is 10.7 Å². The van der Waals surface area contributed by atoms with Gasteiger partial charge in [0.15, 0.2) is 0 Å². The molecule has 1 unspecified atom stereocenters. The van der Waals surface area contributed by atoms with Crippen molar-refractivity contribution in [2.75, 3.05) is 0 Å². The first-order valence-corrected chi connectivity index (χ1v) is 6.14. The molecule has 0 aliphatic rings. The van der Waals surface area contributed by atoms with Crippen LogP contribution in [0.15, 0.2) is 59.0 Å². The van der Waals surface area contributed by atoms with Crippen molar-refractivity contribution in [3.63, 3.8) is 0 Å². The molecule has 1 heterocycles. The van der Waals surface area contributed by atoms with Crippen LogP contribution in [0.1, 0.15) is 17.4 Å². The van der Waals surface area contributed by atoms with Gasteiger partial charge in [-0.3, -0.25) is 10.1 Å². The molecule has 0 aliphatic carbocycles. The summed E-state index contributed by atoms with van der Waals surface area (Å²) < 4.78 is 5.19. The molecule has 0 saturated heterocycles. The summed E-state index contributed by atoms with van der Waals surface area (Å²) >= 11 is 0. The van der Waals surface area contributed by atoms with Gasteiger partial charge >= 0.3 is 5.88 Å².